The molecule has 0 aromatic heterocycles. The van der Waals surface area contributed by atoms with Crippen molar-refractivity contribution in [3.05, 3.63) is 23.8 Å². The van der Waals surface area contributed by atoms with Gasteiger partial charge in [-0.15, -0.1) is 0 Å². The normalized spacial score (nSPS) is 19.2. The van der Waals surface area contributed by atoms with Crippen LogP contribution < -0.4 is 14.8 Å². The average Bonchev–Trinajstić information content (AvgIpc) is 2.85. The summed E-state index contributed by atoms with van der Waals surface area (Å²) in [6.45, 7) is 0.766. The van der Waals surface area contributed by atoms with Gasteiger partial charge in [-0.3, -0.25) is 9.69 Å². The summed E-state index contributed by atoms with van der Waals surface area (Å²) in [5, 5.41) is 2.79. The molecule has 1 aromatic rings. The van der Waals surface area contributed by atoms with Gasteiger partial charge in [0.2, 0.25) is 5.91 Å². The second-order valence-corrected chi connectivity index (χ2v) is 8.26. The lowest BCUT2D eigenvalue weighted by atomic mass is 10.2. The molecule has 134 valence electrons. The standard InChI is InChI=1S/C16H24N2O5S/c1-18(9-12-4-5-14(22-2)15(8-12)23-3)10-16(19)17-13-6-7-24(20,21)11-13/h4-5,8,13H,6-7,9-11H2,1-3H3,(H,17,19)/t13-/m1/s1. The molecule has 0 saturated carbocycles. The molecule has 0 unspecified atom stereocenters. The highest BCUT2D eigenvalue weighted by atomic mass is 32.2. The van der Waals surface area contributed by atoms with E-state index in [1.54, 1.807) is 14.2 Å². The van der Waals surface area contributed by atoms with Crippen molar-refractivity contribution in [3.8, 4) is 11.5 Å². The molecule has 1 amide bonds. The van der Waals surface area contributed by atoms with Gasteiger partial charge in [0.15, 0.2) is 21.3 Å². The van der Waals surface area contributed by atoms with Crippen LogP contribution in [0.1, 0.15) is 12.0 Å². The van der Waals surface area contributed by atoms with E-state index in [1.807, 2.05) is 30.1 Å². The fraction of sp³-hybridized carbons (Fsp3) is 0.562. The molecule has 1 saturated heterocycles. The number of hydrogen-bond donors (Lipinski definition) is 1. The number of benzene rings is 1. The van der Waals surface area contributed by atoms with E-state index in [4.69, 9.17) is 9.47 Å². The van der Waals surface area contributed by atoms with Crippen LogP contribution in [0.4, 0.5) is 0 Å². The van der Waals surface area contributed by atoms with E-state index in [2.05, 4.69) is 5.32 Å². The predicted molar refractivity (Wildman–Crippen MR) is 91.1 cm³/mol. The smallest absolute Gasteiger partial charge is 0.234 e. The molecule has 24 heavy (non-hydrogen) atoms. The summed E-state index contributed by atoms with van der Waals surface area (Å²) in [5.74, 6) is 1.32. The van der Waals surface area contributed by atoms with E-state index in [1.165, 1.54) is 0 Å². The van der Waals surface area contributed by atoms with Gasteiger partial charge in [0.25, 0.3) is 0 Å². The minimum absolute atomic E-state index is 0.0398. The van der Waals surface area contributed by atoms with E-state index < -0.39 is 9.84 Å². The Hall–Kier alpha value is -1.80. The first-order valence-electron chi connectivity index (χ1n) is 7.72. The predicted octanol–water partition coefficient (Wildman–Crippen LogP) is 0.439. The maximum Gasteiger partial charge on any atom is 0.234 e. The first-order chi connectivity index (χ1) is 11.3. The SMILES string of the molecule is COc1ccc(CN(C)CC(=O)N[C@@H]2CCS(=O)(=O)C2)cc1OC. The minimum Gasteiger partial charge on any atom is -0.493 e. The number of amides is 1. The van der Waals surface area contributed by atoms with Crippen LogP contribution in [0.2, 0.25) is 0 Å². The van der Waals surface area contributed by atoms with Gasteiger partial charge in [-0.25, -0.2) is 8.42 Å². The Bertz CT molecular complexity index is 690. The van der Waals surface area contributed by atoms with Crippen LogP contribution in [-0.4, -0.2) is 64.6 Å². The van der Waals surface area contributed by atoms with E-state index in [9.17, 15) is 13.2 Å². The molecule has 1 N–H and O–H groups in total. The number of nitrogens with one attached hydrogen (secondary N) is 1. The third-order valence-electron chi connectivity index (χ3n) is 3.91. The number of carbonyl (C=O) groups excluding carboxylic acids is 1. The van der Waals surface area contributed by atoms with Crippen molar-refractivity contribution in [2.24, 2.45) is 0 Å². The molecule has 1 aromatic carbocycles. The van der Waals surface area contributed by atoms with Gasteiger partial charge in [-0.1, -0.05) is 6.07 Å². The van der Waals surface area contributed by atoms with E-state index in [0.717, 1.165) is 5.56 Å². The van der Waals surface area contributed by atoms with E-state index >= 15 is 0 Å². The molecular formula is C16H24N2O5S. The van der Waals surface area contributed by atoms with Crippen molar-refractivity contribution in [3.63, 3.8) is 0 Å². The molecule has 0 aliphatic carbocycles. The second-order valence-electron chi connectivity index (χ2n) is 6.03. The quantitative estimate of drug-likeness (QED) is 0.763. The summed E-state index contributed by atoms with van der Waals surface area (Å²) < 4.78 is 33.3. The molecule has 8 heteroatoms. The number of hydrogen-bond acceptors (Lipinski definition) is 6. The van der Waals surface area contributed by atoms with Crippen molar-refractivity contribution in [1.29, 1.82) is 0 Å². The first kappa shape index (κ1) is 18.5. The molecule has 1 atom stereocenters. The van der Waals surface area contributed by atoms with Gasteiger partial charge in [0.1, 0.15) is 0 Å². The number of carbonyl (C=O) groups is 1. The molecule has 2 rings (SSSR count). The van der Waals surface area contributed by atoms with Crippen molar-refractivity contribution in [1.82, 2.24) is 10.2 Å². The summed E-state index contributed by atoms with van der Waals surface area (Å²) in [4.78, 5) is 13.9. The fourth-order valence-corrected chi connectivity index (χ4v) is 4.45. The summed E-state index contributed by atoms with van der Waals surface area (Å²) in [7, 11) is 2.01. The lowest BCUT2D eigenvalue weighted by molar-refractivity contribution is -0.122. The van der Waals surface area contributed by atoms with Crippen LogP contribution in [0.5, 0.6) is 11.5 Å². The van der Waals surface area contributed by atoms with Crippen molar-refractivity contribution in [2.75, 3.05) is 39.3 Å². The number of ether oxygens (including phenoxy) is 2. The lowest BCUT2D eigenvalue weighted by Crippen LogP contribution is -2.41. The molecule has 1 aliphatic heterocycles. The number of methoxy groups -OCH3 is 2. The average molecular weight is 356 g/mol. The van der Waals surface area contributed by atoms with Crippen LogP contribution in [0.25, 0.3) is 0 Å². The molecule has 1 fully saturated rings. The fourth-order valence-electron chi connectivity index (χ4n) is 2.77. The molecule has 0 radical (unpaired) electrons. The van der Waals surface area contributed by atoms with Crippen LogP contribution >= 0.6 is 0 Å². The highest BCUT2D eigenvalue weighted by Crippen LogP contribution is 2.27. The zero-order valence-electron chi connectivity index (χ0n) is 14.2. The Kier molecular flexibility index (Phi) is 6.06. The Morgan fingerprint density at radius 3 is 2.58 bits per heavy atom. The maximum atomic E-state index is 12.0. The number of nitrogens with zero attached hydrogens (tertiary/aromatic N) is 1. The Morgan fingerprint density at radius 2 is 2.00 bits per heavy atom. The topological polar surface area (TPSA) is 84.9 Å². The largest absolute Gasteiger partial charge is 0.493 e. The molecule has 0 spiro atoms. The van der Waals surface area contributed by atoms with Gasteiger partial charge in [-0.2, -0.15) is 0 Å². The number of rotatable bonds is 7. The zero-order valence-corrected chi connectivity index (χ0v) is 15.1. The third-order valence-corrected chi connectivity index (χ3v) is 5.68. The Balaban J connectivity index is 1.86. The lowest BCUT2D eigenvalue weighted by Gasteiger charge is -2.19. The molecular weight excluding hydrogens is 332 g/mol. The number of sulfone groups is 1. The Labute approximate surface area is 142 Å². The van der Waals surface area contributed by atoms with Crippen molar-refractivity contribution in [2.45, 2.75) is 19.0 Å². The third kappa shape index (κ3) is 5.10. The highest BCUT2D eigenvalue weighted by Gasteiger charge is 2.28. The molecule has 0 bridgehead atoms. The maximum absolute atomic E-state index is 12.0. The minimum atomic E-state index is -2.99. The monoisotopic (exact) mass is 356 g/mol. The van der Waals surface area contributed by atoms with Crippen LogP contribution in [0.15, 0.2) is 18.2 Å². The highest BCUT2D eigenvalue weighted by molar-refractivity contribution is 7.91. The first-order valence-corrected chi connectivity index (χ1v) is 9.54. The van der Waals surface area contributed by atoms with Gasteiger partial charge in [0, 0.05) is 12.6 Å². The van der Waals surface area contributed by atoms with Gasteiger partial charge < -0.3 is 14.8 Å². The van der Waals surface area contributed by atoms with Crippen molar-refractivity contribution >= 4 is 15.7 Å². The van der Waals surface area contributed by atoms with Gasteiger partial charge in [-0.05, 0) is 31.2 Å². The molecule has 1 aliphatic rings. The van der Waals surface area contributed by atoms with E-state index in [0.29, 0.717) is 24.5 Å². The summed E-state index contributed by atoms with van der Waals surface area (Å²) in [5.41, 5.74) is 0.992. The summed E-state index contributed by atoms with van der Waals surface area (Å²) in [6.07, 6.45) is 0.494. The second kappa shape index (κ2) is 7.85. The van der Waals surface area contributed by atoms with Crippen LogP contribution in [0.3, 0.4) is 0 Å². The van der Waals surface area contributed by atoms with Crippen molar-refractivity contribution < 1.29 is 22.7 Å². The molecule has 7 nitrogen and oxygen atoms in total. The zero-order chi connectivity index (χ0) is 17.7. The summed E-state index contributed by atoms with van der Waals surface area (Å²) in [6, 6.07) is 5.35. The van der Waals surface area contributed by atoms with Gasteiger partial charge in [0.05, 0.1) is 32.3 Å². The Morgan fingerprint density at radius 1 is 1.29 bits per heavy atom. The van der Waals surface area contributed by atoms with Crippen LogP contribution in [0, 0.1) is 0 Å². The van der Waals surface area contributed by atoms with Crippen LogP contribution in [-0.2, 0) is 21.2 Å². The van der Waals surface area contributed by atoms with E-state index in [-0.39, 0.29) is 30.0 Å². The summed E-state index contributed by atoms with van der Waals surface area (Å²) >= 11 is 0. The van der Waals surface area contributed by atoms with Gasteiger partial charge >= 0.3 is 0 Å². The molecule has 1 heterocycles. The number of likely N-dealkylation sites (N-methyl/N-ethyl adjacent to an activating group) is 1.